The van der Waals surface area contributed by atoms with Gasteiger partial charge >= 0.3 is 5.82 Å². The lowest BCUT2D eigenvalue weighted by molar-refractivity contribution is -0.390. The van der Waals surface area contributed by atoms with Crippen LogP contribution in [0.4, 0.5) is 5.82 Å². The van der Waals surface area contributed by atoms with E-state index in [1.807, 2.05) is 0 Å². The van der Waals surface area contributed by atoms with Crippen molar-refractivity contribution in [3.63, 3.8) is 0 Å². The molecule has 21 heavy (non-hydrogen) atoms. The highest BCUT2D eigenvalue weighted by molar-refractivity contribution is 5.97. The highest BCUT2D eigenvalue weighted by atomic mass is 16.6. The molecule has 1 aromatic carbocycles. The van der Waals surface area contributed by atoms with Crippen LogP contribution in [-0.2, 0) is 0 Å². The maximum atomic E-state index is 12.0. The van der Waals surface area contributed by atoms with Crippen molar-refractivity contribution in [2.75, 3.05) is 13.7 Å². The molecule has 7 nitrogen and oxygen atoms in total. The van der Waals surface area contributed by atoms with Crippen LogP contribution in [0.2, 0.25) is 0 Å². The molecule has 0 saturated carbocycles. The number of ketones is 1. The van der Waals surface area contributed by atoms with Gasteiger partial charge in [0.1, 0.15) is 11.9 Å². The number of hydrogen-bond donors (Lipinski definition) is 0. The summed E-state index contributed by atoms with van der Waals surface area (Å²) in [5.41, 5.74) is 0.404. The summed E-state index contributed by atoms with van der Waals surface area (Å²) in [6.45, 7) is -0.320. The van der Waals surface area contributed by atoms with E-state index in [0.29, 0.717) is 11.3 Å². The Kier molecular flexibility index (Phi) is 4.45. The molecule has 0 aliphatic heterocycles. The number of nitrogens with zero attached hydrogens (tertiary/aromatic N) is 2. The molecular weight excluding hydrogens is 276 g/mol. The van der Waals surface area contributed by atoms with Gasteiger partial charge < -0.3 is 19.6 Å². The van der Waals surface area contributed by atoms with Crippen molar-refractivity contribution in [1.82, 2.24) is 4.98 Å². The largest absolute Gasteiger partial charge is 0.497 e. The molecule has 0 saturated heterocycles. The topological polar surface area (TPSA) is 91.6 Å². The van der Waals surface area contributed by atoms with Crippen molar-refractivity contribution in [3.8, 4) is 11.5 Å². The van der Waals surface area contributed by atoms with Crippen LogP contribution in [0.5, 0.6) is 11.5 Å². The lowest BCUT2D eigenvalue weighted by Crippen LogP contribution is -2.12. The van der Waals surface area contributed by atoms with Crippen molar-refractivity contribution < 1.29 is 19.2 Å². The number of hydrogen-bond acceptors (Lipinski definition) is 6. The zero-order valence-corrected chi connectivity index (χ0v) is 11.2. The van der Waals surface area contributed by atoms with E-state index < -0.39 is 10.7 Å². The number of nitro groups is 1. The van der Waals surface area contributed by atoms with Gasteiger partial charge in [-0.2, -0.15) is 0 Å². The maximum absolute atomic E-state index is 12.0. The Morgan fingerprint density at radius 3 is 2.86 bits per heavy atom. The van der Waals surface area contributed by atoms with Crippen molar-refractivity contribution in [1.29, 1.82) is 0 Å². The highest BCUT2D eigenvalue weighted by Crippen LogP contribution is 2.23. The van der Waals surface area contributed by atoms with Gasteiger partial charge in [0.05, 0.1) is 7.11 Å². The van der Waals surface area contributed by atoms with Gasteiger partial charge in [0.25, 0.3) is 0 Å². The van der Waals surface area contributed by atoms with Crippen LogP contribution in [0.3, 0.4) is 0 Å². The van der Waals surface area contributed by atoms with Gasteiger partial charge in [0.2, 0.25) is 5.75 Å². The van der Waals surface area contributed by atoms with E-state index in [4.69, 9.17) is 9.47 Å². The van der Waals surface area contributed by atoms with E-state index in [-0.39, 0.29) is 18.1 Å². The fraction of sp³-hybridized carbons (Fsp3) is 0.143. The second-order valence-corrected chi connectivity index (χ2v) is 4.03. The number of carbonyl (C=O) groups excluding carboxylic acids is 1. The summed E-state index contributed by atoms with van der Waals surface area (Å²) in [6.07, 6.45) is 1.29. The predicted molar refractivity (Wildman–Crippen MR) is 73.7 cm³/mol. The minimum atomic E-state index is -0.661. The van der Waals surface area contributed by atoms with E-state index in [9.17, 15) is 14.9 Å². The predicted octanol–water partition coefficient (Wildman–Crippen LogP) is 2.26. The molecule has 0 N–H and O–H groups in total. The Balaban J connectivity index is 2.09. The second-order valence-electron chi connectivity index (χ2n) is 4.03. The summed E-state index contributed by atoms with van der Waals surface area (Å²) in [5, 5.41) is 10.8. The summed E-state index contributed by atoms with van der Waals surface area (Å²) in [4.78, 5) is 25.7. The summed E-state index contributed by atoms with van der Waals surface area (Å²) < 4.78 is 10.2. The Bertz CT molecular complexity index is 672. The number of Topliss-reactive ketones (excluding diaryl/α,β-unsaturated/α-hetero) is 1. The van der Waals surface area contributed by atoms with E-state index in [1.54, 1.807) is 24.3 Å². The van der Waals surface area contributed by atoms with Crippen molar-refractivity contribution in [2.45, 2.75) is 0 Å². The molecule has 0 radical (unpaired) electrons. The summed E-state index contributed by atoms with van der Waals surface area (Å²) in [5.74, 6) is -0.227. The van der Waals surface area contributed by atoms with Crippen LogP contribution in [0.25, 0.3) is 0 Å². The van der Waals surface area contributed by atoms with Crippen molar-refractivity contribution in [2.24, 2.45) is 0 Å². The highest BCUT2D eigenvalue weighted by Gasteiger charge is 2.17. The first kappa shape index (κ1) is 14.4. The number of pyridine rings is 1. The molecule has 0 spiro atoms. The first-order valence-electron chi connectivity index (χ1n) is 6.01. The molecule has 2 aromatic rings. The molecule has 0 atom stereocenters. The zero-order valence-electron chi connectivity index (χ0n) is 11.2. The molecule has 0 fully saturated rings. The average molecular weight is 288 g/mol. The Morgan fingerprint density at radius 2 is 2.14 bits per heavy atom. The van der Waals surface area contributed by atoms with Crippen LogP contribution in [0.1, 0.15) is 10.4 Å². The van der Waals surface area contributed by atoms with Gasteiger partial charge in [-0.15, -0.1) is 0 Å². The van der Waals surface area contributed by atoms with Gasteiger partial charge in [-0.1, -0.05) is 12.1 Å². The summed E-state index contributed by atoms with van der Waals surface area (Å²) >= 11 is 0. The van der Waals surface area contributed by atoms with E-state index in [1.165, 1.54) is 25.4 Å². The minimum absolute atomic E-state index is 0.0428. The second kappa shape index (κ2) is 6.47. The maximum Gasteiger partial charge on any atom is 0.406 e. The first-order valence-corrected chi connectivity index (χ1v) is 6.01. The Hall–Kier alpha value is -2.96. The third-order valence-electron chi connectivity index (χ3n) is 2.67. The Morgan fingerprint density at radius 1 is 1.33 bits per heavy atom. The standard InChI is InChI=1S/C14H12N2O5/c1-20-11-5-2-4-10(8-11)12(17)9-21-13-6-3-7-15-14(13)16(18)19/h2-8H,9H2,1H3. The molecule has 0 unspecified atom stereocenters. The molecule has 0 amide bonds. The number of aromatic nitrogens is 1. The van der Waals surface area contributed by atoms with Crippen molar-refractivity contribution >= 4 is 11.6 Å². The summed E-state index contributed by atoms with van der Waals surface area (Å²) in [6, 6.07) is 9.47. The van der Waals surface area contributed by atoms with E-state index >= 15 is 0 Å². The van der Waals surface area contributed by atoms with Crippen LogP contribution in [0, 0.1) is 10.1 Å². The Labute approximate surface area is 120 Å². The third kappa shape index (κ3) is 3.53. The van der Waals surface area contributed by atoms with Gasteiger partial charge in [-0.3, -0.25) is 4.79 Å². The van der Waals surface area contributed by atoms with Crippen molar-refractivity contribution in [3.05, 3.63) is 58.3 Å². The SMILES string of the molecule is COc1cccc(C(=O)COc2cccnc2[N+](=O)[O-])c1. The van der Waals surface area contributed by atoms with Gasteiger partial charge in [-0.05, 0) is 34.2 Å². The molecule has 0 aliphatic rings. The first-order chi connectivity index (χ1) is 10.1. The normalized spacial score (nSPS) is 9.95. The fourth-order valence-electron chi connectivity index (χ4n) is 1.66. The fourth-order valence-corrected chi connectivity index (χ4v) is 1.66. The van der Waals surface area contributed by atoms with Crippen LogP contribution < -0.4 is 9.47 Å². The lowest BCUT2D eigenvalue weighted by atomic mass is 10.1. The van der Waals surface area contributed by atoms with Gasteiger partial charge in [0.15, 0.2) is 12.4 Å². The number of rotatable bonds is 6. The minimum Gasteiger partial charge on any atom is -0.497 e. The number of methoxy groups -OCH3 is 1. The molecule has 0 bridgehead atoms. The number of carbonyl (C=O) groups is 1. The van der Waals surface area contributed by atoms with E-state index in [0.717, 1.165) is 0 Å². The van der Waals surface area contributed by atoms with E-state index in [2.05, 4.69) is 4.98 Å². The quantitative estimate of drug-likeness (QED) is 0.460. The van der Waals surface area contributed by atoms with Crippen LogP contribution in [0.15, 0.2) is 42.6 Å². The van der Waals surface area contributed by atoms with Gasteiger partial charge in [0, 0.05) is 5.56 Å². The molecule has 7 heteroatoms. The zero-order chi connectivity index (χ0) is 15.2. The van der Waals surface area contributed by atoms with Gasteiger partial charge in [-0.25, -0.2) is 0 Å². The monoisotopic (exact) mass is 288 g/mol. The molecule has 0 aliphatic carbocycles. The number of ether oxygens (including phenoxy) is 2. The number of benzene rings is 1. The molecular formula is C14H12N2O5. The van der Waals surface area contributed by atoms with Crippen LogP contribution >= 0.6 is 0 Å². The molecule has 1 aromatic heterocycles. The molecule has 1 heterocycles. The lowest BCUT2D eigenvalue weighted by Gasteiger charge is -2.06. The third-order valence-corrected chi connectivity index (χ3v) is 2.67. The van der Waals surface area contributed by atoms with Crippen LogP contribution in [-0.4, -0.2) is 29.4 Å². The smallest absolute Gasteiger partial charge is 0.406 e. The average Bonchev–Trinajstić information content (AvgIpc) is 2.52. The molecule has 108 valence electrons. The molecule has 2 rings (SSSR count). The summed E-state index contributed by atoms with van der Waals surface area (Å²) in [7, 11) is 1.50.